The van der Waals surface area contributed by atoms with Crippen LogP contribution in [0.5, 0.6) is 5.75 Å². The van der Waals surface area contributed by atoms with E-state index in [1.54, 1.807) is 0 Å². The van der Waals surface area contributed by atoms with Crippen LogP contribution < -0.4 is 10.5 Å². The molecule has 0 aliphatic heterocycles. The van der Waals surface area contributed by atoms with Crippen molar-refractivity contribution in [2.24, 2.45) is 11.1 Å². The van der Waals surface area contributed by atoms with Gasteiger partial charge in [0.2, 0.25) is 0 Å². The molecule has 1 aromatic rings. The minimum Gasteiger partial charge on any atom is -0.494 e. The van der Waals surface area contributed by atoms with Crippen molar-refractivity contribution in [2.45, 2.75) is 47.1 Å². The van der Waals surface area contributed by atoms with Crippen LogP contribution in [0.4, 0.5) is 0 Å². The molecule has 1 aromatic carbocycles. The third kappa shape index (κ3) is 6.96. The summed E-state index contributed by atoms with van der Waals surface area (Å²) in [5.74, 6) is 0.963. The number of ether oxygens (including phenoxy) is 1. The van der Waals surface area contributed by atoms with Crippen molar-refractivity contribution >= 4 is 0 Å². The van der Waals surface area contributed by atoms with Crippen molar-refractivity contribution in [1.29, 1.82) is 0 Å². The van der Waals surface area contributed by atoms with Crippen molar-refractivity contribution < 1.29 is 4.74 Å². The van der Waals surface area contributed by atoms with Crippen LogP contribution >= 0.6 is 0 Å². The Hall–Kier alpha value is -1.06. The molecule has 21 heavy (non-hydrogen) atoms. The first-order valence-electron chi connectivity index (χ1n) is 8.15. The predicted octanol–water partition coefficient (Wildman–Crippen LogP) is 3.67. The van der Waals surface area contributed by atoms with Gasteiger partial charge in [0.05, 0.1) is 6.61 Å². The van der Waals surface area contributed by atoms with Crippen LogP contribution in [-0.4, -0.2) is 31.1 Å². The van der Waals surface area contributed by atoms with E-state index in [1.807, 2.05) is 0 Å². The van der Waals surface area contributed by atoms with E-state index in [-0.39, 0.29) is 5.41 Å². The highest BCUT2D eigenvalue weighted by Gasteiger charge is 2.19. The van der Waals surface area contributed by atoms with Gasteiger partial charge in [-0.15, -0.1) is 0 Å². The molecular weight excluding hydrogens is 260 g/mol. The third-order valence-corrected chi connectivity index (χ3v) is 3.55. The van der Waals surface area contributed by atoms with Crippen LogP contribution in [-0.2, 0) is 6.54 Å². The van der Waals surface area contributed by atoms with Gasteiger partial charge in [0.25, 0.3) is 0 Å². The lowest BCUT2D eigenvalue weighted by Crippen LogP contribution is -2.38. The quantitative estimate of drug-likeness (QED) is 0.715. The molecule has 0 fully saturated rings. The molecule has 0 radical (unpaired) electrons. The molecule has 0 saturated carbocycles. The molecule has 0 atom stereocenters. The normalized spacial score (nSPS) is 11.9. The Morgan fingerprint density at radius 2 is 1.76 bits per heavy atom. The Bertz CT molecular complexity index is 387. The molecule has 0 spiro atoms. The molecule has 3 heteroatoms. The third-order valence-electron chi connectivity index (χ3n) is 3.55. The molecule has 0 unspecified atom stereocenters. The van der Waals surface area contributed by atoms with Crippen LogP contribution in [0.25, 0.3) is 0 Å². The Morgan fingerprint density at radius 3 is 2.29 bits per heavy atom. The molecule has 120 valence electrons. The fourth-order valence-corrected chi connectivity index (χ4v) is 2.37. The summed E-state index contributed by atoms with van der Waals surface area (Å²) < 4.78 is 5.63. The maximum absolute atomic E-state index is 5.87. The van der Waals surface area contributed by atoms with Crippen molar-refractivity contribution in [3.05, 3.63) is 29.8 Å². The molecule has 1 rings (SSSR count). The van der Waals surface area contributed by atoms with E-state index in [9.17, 15) is 0 Å². The Morgan fingerprint density at radius 1 is 1.10 bits per heavy atom. The lowest BCUT2D eigenvalue weighted by Gasteiger charge is -2.31. The molecule has 0 bridgehead atoms. The van der Waals surface area contributed by atoms with Crippen LogP contribution in [0.1, 0.15) is 46.1 Å². The molecule has 0 aliphatic carbocycles. The maximum Gasteiger partial charge on any atom is 0.119 e. The molecule has 0 heterocycles. The van der Waals surface area contributed by atoms with Crippen LogP contribution in [0, 0.1) is 5.41 Å². The number of hydrogen-bond acceptors (Lipinski definition) is 3. The van der Waals surface area contributed by atoms with Crippen molar-refractivity contribution in [2.75, 3.05) is 26.2 Å². The van der Waals surface area contributed by atoms with E-state index < -0.39 is 0 Å². The molecular formula is C18H32N2O. The summed E-state index contributed by atoms with van der Waals surface area (Å²) in [7, 11) is 0. The fourth-order valence-electron chi connectivity index (χ4n) is 2.37. The molecule has 0 aromatic heterocycles. The van der Waals surface area contributed by atoms with Gasteiger partial charge in [-0.3, -0.25) is 4.90 Å². The summed E-state index contributed by atoms with van der Waals surface area (Å²) >= 11 is 0. The first-order chi connectivity index (χ1) is 10.0. The Labute approximate surface area is 130 Å². The lowest BCUT2D eigenvalue weighted by molar-refractivity contribution is 0.176. The van der Waals surface area contributed by atoms with E-state index in [0.29, 0.717) is 0 Å². The number of rotatable bonds is 10. The molecule has 3 nitrogen and oxygen atoms in total. The highest BCUT2D eigenvalue weighted by atomic mass is 16.5. The zero-order chi connectivity index (χ0) is 15.7. The zero-order valence-corrected chi connectivity index (χ0v) is 14.2. The summed E-state index contributed by atoms with van der Waals surface area (Å²) in [6.45, 7) is 13.4. The lowest BCUT2D eigenvalue weighted by atomic mass is 9.93. The number of hydrogen-bond donors (Lipinski definition) is 1. The molecule has 0 aliphatic rings. The monoisotopic (exact) mass is 292 g/mol. The number of nitrogens with two attached hydrogens (primary N) is 1. The summed E-state index contributed by atoms with van der Waals surface area (Å²) in [6.07, 6.45) is 2.21. The van der Waals surface area contributed by atoms with E-state index in [4.69, 9.17) is 10.5 Å². The van der Waals surface area contributed by atoms with Crippen LogP contribution in [0.15, 0.2) is 24.3 Å². The SMILES string of the molecule is CCCOc1ccc(CN(CCC)CC(C)(C)CN)cc1. The molecule has 2 N–H and O–H groups in total. The second-order valence-corrected chi connectivity index (χ2v) is 6.57. The van der Waals surface area contributed by atoms with Gasteiger partial charge in [0.1, 0.15) is 5.75 Å². The van der Waals surface area contributed by atoms with Gasteiger partial charge >= 0.3 is 0 Å². The topological polar surface area (TPSA) is 38.5 Å². The van der Waals surface area contributed by atoms with Crippen LogP contribution in [0.3, 0.4) is 0 Å². The molecule has 0 saturated heterocycles. The fraction of sp³-hybridized carbons (Fsp3) is 0.667. The second kappa shape index (κ2) is 9.06. The van der Waals surface area contributed by atoms with Crippen molar-refractivity contribution in [3.8, 4) is 5.75 Å². The largest absolute Gasteiger partial charge is 0.494 e. The van der Waals surface area contributed by atoms with Gasteiger partial charge in [0.15, 0.2) is 0 Å². The molecule has 0 amide bonds. The average Bonchev–Trinajstić information content (AvgIpc) is 2.46. The average molecular weight is 292 g/mol. The Balaban J connectivity index is 2.61. The maximum atomic E-state index is 5.87. The summed E-state index contributed by atoms with van der Waals surface area (Å²) in [5, 5.41) is 0. The van der Waals surface area contributed by atoms with Crippen molar-refractivity contribution in [1.82, 2.24) is 4.90 Å². The van der Waals surface area contributed by atoms with Gasteiger partial charge in [0, 0.05) is 13.1 Å². The van der Waals surface area contributed by atoms with Crippen molar-refractivity contribution in [3.63, 3.8) is 0 Å². The van der Waals surface area contributed by atoms with Gasteiger partial charge in [-0.25, -0.2) is 0 Å². The van der Waals surface area contributed by atoms with Gasteiger partial charge < -0.3 is 10.5 Å². The highest BCUT2D eigenvalue weighted by molar-refractivity contribution is 5.27. The smallest absolute Gasteiger partial charge is 0.119 e. The van der Waals surface area contributed by atoms with E-state index >= 15 is 0 Å². The first-order valence-corrected chi connectivity index (χ1v) is 8.15. The highest BCUT2D eigenvalue weighted by Crippen LogP contribution is 2.19. The minimum absolute atomic E-state index is 0.166. The summed E-state index contributed by atoms with van der Waals surface area (Å²) in [5.41, 5.74) is 7.37. The zero-order valence-electron chi connectivity index (χ0n) is 14.2. The second-order valence-electron chi connectivity index (χ2n) is 6.57. The van der Waals surface area contributed by atoms with Gasteiger partial charge in [-0.1, -0.05) is 39.8 Å². The van der Waals surface area contributed by atoms with Gasteiger partial charge in [-0.05, 0) is 49.0 Å². The van der Waals surface area contributed by atoms with E-state index in [1.165, 1.54) is 12.0 Å². The predicted molar refractivity (Wildman–Crippen MR) is 90.6 cm³/mol. The number of nitrogens with zero attached hydrogens (tertiary/aromatic N) is 1. The summed E-state index contributed by atoms with van der Waals surface area (Å²) in [6, 6.07) is 8.48. The first kappa shape index (κ1) is 18.0. The van der Waals surface area contributed by atoms with E-state index in [0.717, 1.165) is 45.0 Å². The Kier molecular flexibility index (Phi) is 7.76. The number of benzene rings is 1. The standard InChI is InChI=1S/C18H32N2O/c1-5-11-20(15-18(3,4)14-19)13-16-7-9-17(10-8-16)21-12-6-2/h7-10H,5-6,11-15,19H2,1-4H3. The summed E-state index contributed by atoms with van der Waals surface area (Å²) in [4.78, 5) is 2.49. The van der Waals surface area contributed by atoms with Crippen LogP contribution in [0.2, 0.25) is 0 Å². The minimum atomic E-state index is 0.166. The van der Waals surface area contributed by atoms with Gasteiger partial charge in [-0.2, -0.15) is 0 Å². The van der Waals surface area contributed by atoms with E-state index in [2.05, 4.69) is 56.9 Å².